The zero-order valence-electron chi connectivity index (χ0n) is 8.10. The third kappa shape index (κ3) is 1.47. The van der Waals surface area contributed by atoms with Gasteiger partial charge in [0.1, 0.15) is 0 Å². The van der Waals surface area contributed by atoms with Crippen molar-refractivity contribution in [3.05, 3.63) is 33.9 Å². The second-order valence-corrected chi connectivity index (χ2v) is 4.25. The van der Waals surface area contributed by atoms with E-state index in [4.69, 9.17) is 5.73 Å². The van der Waals surface area contributed by atoms with Gasteiger partial charge in [0, 0.05) is 27.6 Å². The predicted octanol–water partition coefficient (Wildman–Crippen LogP) is 2.95. The second-order valence-electron chi connectivity index (χ2n) is 3.33. The Morgan fingerprint density at radius 2 is 2.21 bits per heavy atom. The van der Waals surface area contributed by atoms with Gasteiger partial charge >= 0.3 is 0 Å². The summed E-state index contributed by atoms with van der Waals surface area (Å²) in [5.41, 5.74) is 9.35. The van der Waals surface area contributed by atoms with E-state index in [9.17, 15) is 0 Å². The molecular weight excluding hydrogens is 240 g/mol. The van der Waals surface area contributed by atoms with E-state index in [0.717, 1.165) is 16.6 Å². The lowest BCUT2D eigenvalue weighted by atomic mass is 10.1. The van der Waals surface area contributed by atoms with Gasteiger partial charge in [-0.15, -0.1) is 0 Å². The molecule has 3 heteroatoms. The lowest BCUT2D eigenvalue weighted by Gasteiger charge is -1.97. The first-order chi connectivity index (χ1) is 6.76. The number of hydrogen-bond donors (Lipinski definition) is 2. The maximum atomic E-state index is 5.69. The van der Waals surface area contributed by atoms with Gasteiger partial charge in [0.2, 0.25) is 0 Å². The van der Waals surface area contributed by atoms with Crippen LogP contribution in [0, 0.1) is 0 Å². The molecule has 0 aliphatic heterocycles. The average Bonchev–Trinajstić information content (AvgIpc) is 2.54. The molecule has 0 radical (unpaired) electrons. The third-order valence-electron chi connectivity index (χ3n) is 2.51. The fourth-order valence-electron chi connectivity index (χ4n) is 1.85. The topological polar surface area (TPSA) is 41.8 Å². The molecule has 0 saturated heterocycles. The van der Waals surface area contributed by atoms with Crippen LogP contribution in [0.4, 0.5) is 0 Å². The lowest BCUT2D eigenvalue weighted by molar-refractivity contribution is 0.973. The number of benzene rings is 1. The summed E-state index contributed by atoms with van der Waals surface area (Å²) in [7, 11) is 0. The quantitative estimate of drug-likeness (QED) is 0.848. The molecule has 0 unspecified atom stereocenters. The third-order valence-corrected chi connectivity index (χ3v) is 3.01. The number of halogens is 1. The molecule has 1 heterocycles. The van der Waals surface area contributed by atoms with Crippen LogP contribution in [0.3, 0.4) is 0 Å². The number of aromatic amines is 1. The number of rotatable bonds is 2. The Labute approximate surface area is 91.6 Å². The van der Waals surface area contributed by atoms with Crippen LogP contribution in [-0.4, -0.2) is 4.98 Å². The summed E-state index contributed by atoms with van der Waals surface area (Å²) in [5.74, 6) is 0. The Morgan fingerprint density at radius 3 is 2.86 bits per heavy atom. The van der Waals surface area contributed by atoms with Crippen LogP contribution in [0.25, 0.3) is 10.9 Å². The summed E-state index contributed by atoms with van der Waals surface area (Å²) in [4.78, 5) is 3.35. The molecule has 74 valence electrons. The van der Waals surface area contributed by atoms with Crippen LogP contribution in [0.5, 0.6) is 0 Å². The minimum atomic E-state index is 0.579. The van der Waals surface area contributed by atoms with Crippen LogP contribution in [0.1, 0.15) is 18.2 Å². The van der Waals surface area contributed by atoms with Crippen LogP contribution >= 0.6 is 15.9 Å². The number of fused-ring (bicyclic) bond motifs is 1. The van der Waals surface area contributed by atoms with Crippen LogP contribution < -0.4 is 5.73 Å². The summed E-state index contributed by atoms with van der Waals surface area (Å²) >= 11 is 3.48. The van der Waals surface area contributed by atoms with Gasteiger partial charge in [-0.25, -0.2) is 0 Å². The van der Waals surface area contributed by atoms with Crippen molar-refractivity contribution in [2.24, 2.45) is 5.73 Å². The Kier molecular flexibility index (Phi) is 2.61. The molecule has 1 aromatic carbocycles. The largest absolute Gasteiger partial charge is 0.357 e. The normalized spacial score (nSPS) is 11.1. The standard InChI is InChI=1S/C11H13BrN2/c1-2-8-9-5-7(12)3-4-10(9)14-11(8)6-13/h3-5,14H,2,6,13H2,1H3. The first-order valence-electron chi connectivity index (χ1n) is 4.75. The highest BCUT2D eigenvalue weighted by molar-refractivity contribution is 9.10. The van der Waals surface area contributed by atoms with E-state index >= 15 is 0 Å². The molecule has 1 aromatic heterocycles. The van der Waals surface area contributed by atoms with Crippen molar-refractivity contribution in [2.75, 3.05) is 0 Å². The molecule has 0 atom stereocenters. The summed E-state index contributed by atoms with van der Waals surface area (Å²) < 4.78 is 1.11. The summed E-state index contributed by atoms with van der Waals surface area (Å²) in [6, 6.07) is 6.26. The monoisotopic (exact) mass is 252 g/mol. The van der Waals surface area contributed by atoms with Crippen LogP contribution in [0.15, 0.2) is 22.7 Å². The Hall–Kier alpha value is -0.800. The van der Waals surface area contributed by atoms with Gasteiger partial charge in [-0.05, 0) is 30.2 Å². The molecule has 0 saturated carbocycles. The number of hydrogen-bond acceptors (Lipinski definition) is 1. The number of H-pyrrole nitrogens is 1. The smallest absolute Gasteiger partial charge is 0.0460 e. The predicted molar refractivity (Wildman–Crippen MR) is 63.3 cm³/mol. The van der Waals surface area contributed by atoms with Gasteiger partial charge in [0.05, 0.1) is 0 Å². The van der Waals surface area contributed by atoms with E-state index in [0.29, 0.717) is 6.54 Å². The van der Waals surface area contributed by atoms with E-state index in [-0.39, 0.29) is 0 Å². The van der Waals surface area contributed by atoms with Gasteiger partial charge in [0.25, 0.3) is 0 Å². The molecule has 0 aliphatic carbocycles. The molecule has 0 spiro atoms. The Balaban J connectivity index is 2.74. The summed E-state index contributed by atoms with van der Waals surface area (Å²) in [6.07, 6.45) is 1.02. The number of nitrogens with one attached hydrogen (secondary N) is 1. The van der Waals surface area contributed by atoms with E-state index in [2.05, 4.69) is 40.0 Å². The van der Waals surface area contributed by atoms with Crippen molar-refractivity contribution in [1.82, 2.24) is 4.98 Å². The fraction of sp³-hybridized carbons (Fsp3) is 0.273. The fourth-order valence-corrected chi connectivity index (χ4v) is 2.21. The molecule has 2 nitrogen and oxygen atoms in total. The molecule has 0 amide bonds. The van der Waals surface area contributed by atoms with Crippen molar-refractivity contribution < 1.29 is 0 Å². The molecule has 0 bridgehead atoms. The van der Waals surface area contributed by atoms with Gasteiger partial charge in [0.15, 0.2) is 0 Å². The van der Waals surface area contributed by atoms with Crippen LogP contribution in [-0.2, 0) is 13.0 Å². The van der Waals surface area contributed by atoms with Crippen molar-refractivity contribution in [3.63, 3.8) is 0 Å². The number of nitrogens with two attached hydrogens (primary N) is 1. The maximum absolute atomic E-state index is 5.69. The lowest BCUT2D eigenvalue weighted by Crippen LogP contribution is -1.99. The Morgan fingerprint density at radius 1 is 1.43 bits per heavy atom. The number of aryl methyl sites for hydroxylation is 1. The second kappa shape index (κ2) is 3.75. The van der Waals surface area contributed by atoms with E-state index < -0.39 is 0 Å². The van der Waals surface area contributed by atoms with Crippen molar-refractivity contribution in [2.45, 2.75) is 19.9 Å². The molecule has 2 rings (SSSR count). The SMILES string of the molecule is CCc1c(CN)[nH]c2ccc(Br)cc12. The van der Waals surface area contributed by atoms with Crippen molar-refractivity contribution in [3.8, 4) is 0 Å². The minimum absolute atomic E-state index is 0.579. The highest BCUT2D eigenvalue weighted by atomic mass is 79.9. The van der Waals surface area contributed by atoms with Gasteiger partial charge < -0.3 is 10.7 Å². The molecular formula is C11H13BrN2. The van der Waals surface area contributed by atoms with Gasteiger partial charge in [-0.3, -0.25) is 0 Å². The average molecular weight is 253 g/mol. The van der Waals surface area contributed by atoms with E-state index in [1.807, 2.05) is 6.07 Å². The summed E-state index contributed by atoms with van der Waals surface area (Å²) in [6.45, 7) is 2.73. The Bertz CT molecular complexity index is 460. The maximum Gasteiger partial charge on any atom is 0.0460 e. The molecule has 14 heavy (non-hydrogen) atoms. The van der Waals surface area contributed by atoms with Crippen molar-refractivity contribution >= 4 is 26.8 Å². The zero-order chi connectivity index (χ0) is 10.1. The number of aromatic nitrogens is 1. The van der Waals surface area contributed by atoms with Crippen LogP contribution in [0.2, 0.25) is 0 Å². The molecule has 3 N–H and O–H groups in total. The van der Waals surface area contributed by atoms with E-state index in [1.165, 1.54) is 16.5 Å². The molecule has 2 aromatic rings. The van der Waals surface area contributed by atoms with E-state index in [1.54, 1.807) is 0 Å². The molecule has 0 fully saturated rings. The first kappa shape index (κ1) is 9.74. The highest BCUT2D eigenvalue weighted by Crippen LogP contribution is 2.25. The molecule has 0 aliphatic rings. The van der Waals surface area contributed by atoms with Gasteiger partial charge in [-0.1, -0.05) is 22.9 Å². The highest BCUT2D eigenvalue weighted by Gasteiger charge is 2.08. The summed E-state index contributed by atoms with van der Waals surface area (Å²) in [5, 5.41) is 1.28. The van der Waals surface area contributed by atoms with Gasteiger partial charge in [-0.2, -0.15) is 0 Å². The van der Waals surface area contributed by atoms with Crippen molar-refractivity contribution in [1.29, 1.82) is 0 Å². The zero-order valence-corrected chi connectivity index (χ0v) is 9.69. The first-order valence-corrected chi connectivity index (χ1v) is 5.54. The minimum Gasteiger partial charge on any atom is -0.357 e.